The fraction of sp³-hybridized carbons (Fsp3) is 0.346. The van der Waals surface area contributed by atoms with Crippen molar-refractivity contribution in [3.8, 4) is 0 Å². The number of hydrogen-bond acceptors (Lipinski definition) is 3. The van der Waals surface area contributed by atoms with Gasteiger partial charge in [0.25, 0.3) is 0 Å². The van der Waals surface area contributed by atoms with Gasteiger partial charge in [0.05, 0.1) is 16.8 Å². The maximum atomic E-state index is 13.8. The summed E-state index contributed by atoms with van der Waals surface area (Å²) in [6.07, 6.45) is -10.0. The van der Waals surface area contributed by atoms with Gasteiger partial charge in [0, 0.05) is 39.5 Å². The summed E-state index contributed by atoms with van der Waals surface area (Å²) in [5.41, 5.74) is -1.37. The molecular weight excluding hydrogens is 484 g/mol. The van der Waals surface area contributed by atoms with Gasteiger partial charge < -0.3 is 10.2 Å². The van der Waals surface area contributed by atoms with Gasteiger partial charge in [-0.2, -0.15) is 26.3 Å². The van der Waals surface area contributed by atoms with E-state index in [1.54, 1.807) is 12.1 Å². The van der Waals surface area contributed by atoms with Crippen LogP contribution >= 0.6 is 0 Å². The second-order valence-corrected chi connectivity index (χ2v) is 9.07. The molecule has 36 heavy (non-hydrogen) atoms. The van der Waals surface area contributed by atoms with Gasteiger partial charge in [-0.05, 0) is 47.2 Å². The van der Waals surface area contributed by atoms with E-state index in [9.17, 15) is 31.1 Å². The summed E-state index contributed by atoms with van der Waals surface area (Å²) in [7, 11) is 0. The Kier molecular flexibility index (Phi) is 6.20. The standard InChI is InChI=1S/C26H23F6N3O.H2/c27-25(28,29)18-13-16(14-19(15-18)26(30,31)32)7-10-35-21-6-2-4-17-3-1-5-20(22(17)21)23(24(35)36)34-11-8-33-9-12-34;/h1-6,13-15,23,33H,7-12H2;1H. The molecule has 2 aliphatic heterocycles. The average molecular weight is 509 g/mol. The second kappa shape index (κ2) is 9.08. The van der Waals surface area contributed by atoms with Crippen molar-refractivity contribution in [2.24, 2.45) is 0 Å². The molecule has 3 aromatic rings. The Labute approximate surface area is 205 Å². The van der Waals surface area contributed by atoms with Gasteiger partial charge in [-0.25, -0.2) is 0 Å². The van der Waals surface area contributed by atoms with Crippen molar-refractivity contribution in [1.29, 1.82) is 0 Å². The van der Waals surface area contributed by atoms with Crippen LogP contribution in [0.15, 0.2) is 54.6 Å². The predicted octanol–water partition coefficient (Wildman–Crippen LogP) is 5.66. The molecule has 192 valence electrons. The quantitative estimate of drug-likeness (QED) is 0.461. The normalized spacial score (nSPS) is 19.2. The topological polar surface area (TPSA) is 35.6 Å². The molecule has 2 aliphatic rings. The lowest BCUT2D eigenvalue weighted by Gasteiger charge is -2.41. The van der Waals surface area contributed by atoms with E-state index in [-0.39, 0.29) is 31.9 Å². The fourth-order valence-corrected chi connectivity index (χ4v) is 5.13. The lowest BCUT2D eigenvalue weighted by molar-refractivity contribution is -0.143. The van der Waals surface area contributed by atoms with E-state index >= 15 is 0 Å². The molecule has 0 bridgehead atoms. The van der Waals surface area contributed by atoms with E-state index in [0.717, 1.165) is 28.5 Å². The lowest BCUT2D eigenvalue weighted by atomic mass is 9.90. The number of alkyl halides is 6. The Morgan fingerprint density at radius 1 is 0.889 bits per heavy atom. The highest BCUT2D eigenvalue weighted by molar-refractivity contribution is 6.12. The number of amides is 1. The Bertz CT molecular complexity index is 1270. The van der Waals surface area contributed by atoms with Crippen molar-refractivity contribution in [1.82, 2.24) is 10.2 Å². The summed E-state index contributed by atoms with van der Waals surface area (Å²) in [4.78, 5) is 17.4. The van der Waals surface area contributed by atoms with Crippen molar-refractivity contribution >= 4 is 22.4 Å². The number of rotatable bonds is 4. The maximum absolute atomic E-state index is 13.8. The molecule has 10 heteroatoms. The third-order valence-electron chi connectivity index (χ3n) is 6.79. The first-order valence-corrected chi connectivity index (χ1v) is 11.6. The molecule has 1 amide bonds. The number of nitrogens with zero attached hydrogens (tertiary/aromatic N) is 2. The van der Waals surface area contributed by atoms with Crippen molar-refractivity contribution in [2.45, 2.75) is 24.8 Å². The number of halogens is 6. The number of anilines is 1. The summed E-state index contributed by atoms with van der Waals surface area (Å²) in [6.45, 7) is 2.67. The summed E-state index contributed by atoms with van der Waals surface area (Å²) in [5, 5.41) is 5.05. The van der Waals surface area contributed by atoms with E-state index < -0.39 is 29.5 Å². The lowest BCUT2D eigenvalue weighted by Crippen LogP contribution is -2.52. The van der Waals surface area contributed by atoms with Gasteiger partial charge in [-0.1, -0.05) is 30.3 Å². The molecule has 1 unspecified atom stereocenters. The van der Waals surface area contributed by atoms with Crippen LogP contribution in [0.2, 0.25) is 0 Å². The molecule has 1 N–H and O–H groups in total. The van der Waals surface area contributed by atoms with E-state index in [2.05, 4.69) is 10.2 Å². The molecule has 0 aromatic heterocycles. The Balaban J connectivity index is 0.00000320. The van der Waals surface area contributed by atoms with E-state index in [1.165, 1.54) is 4.90 Å². The first kappa shape index (κ1) is 24.6. The highest BCUT2D eigenvalue weighted by Gasteiger charge is 2.39. The van der Waals surface area contributed by atoms with Crippen LogP contribution in [0, 0.1) is 0 Å². The number of carbonyl (C=O) groups is 1. The zero-order valence-electron chi connectivity index (χ0n) is 19.1. The average Bonchev–Trinajstić information content (AvgIpc) is 2.83. The molecule has 1 fully saturated rings. The minimum Gasteiger partial charge on any atom is -0.314 e. The zero-order chi connectivity index (χ0) is 25.7. The number of nitrogens with one attached hydrogen (secondary N) is 1. The second-order valence-electron chi connectivity index (χ2n) is 9.07. The fourth-order valence-electron chi connectivity index (χ4n) is 5.13. The monoisotopic (exact) mass is 509 g/mol. The van der Waals surface area contributed by atoms with Crippen LogP contribution in [0.25, 0.3) is 10.8 Å². The molecule has 0 aliphatic carbocycles. The molecule has 1 atom stereocenters. The van der Waals surface area contributed by atoms with Crippen LogP contribution in [-0.4, -0.2) is 43.5 Å². The molecule has 2 heterocycles. The van der Waals surface area contributed by atoms with Crippen LogP contribution in [0.4, 0.5) is 32.0 Å². The minimum absolute atomic E-state index is 0. The summed E-state index contributed by atoms with van der Waals surface area (Å²) in [6, 6.07) is 12.2. The van der Waals surface area contributed by atoms with Crippen molar-refractivity contribution in [3.63, 3.8) is 0 Å². The maximum Gasteiger partial charge on any atom is 0.416 e. The third-order valence-corrected chi connectivity index (χ3v) is 6.79. The number of piperazine rings is 1. The van der Waals surface area contributed by atoms with E-state index in [1.807, 2.05) is 24.3 Å². The van der Waals surface area contributed by atoms with Crippen LogP contribution in [0.1, 0.15) is 29.7 Å². The van der Waals surface area contributed by atoms with Crippen molar-refractivity contribution in [3.05, 3.63) is 76.9 Å². The Morgan fingerprint density at radius 3 is 2.11 bits per heavy atom. The van der Waals surface area contributed by atoms with Gasteiger partial charge in [-0.3, -0.25) is 9.69 Å². The largest absolute Gasteiger partial charge is 0.416 e. The number of benzene rings is 3. The molecule has 0 saturated carbocycles. The van der Waals surface area contributed by atoms with E-state index in [0.29, 0.717) is 31.9 Å². The van der Waals surface area contributed by atoms with E-state index in [4.69, 9.17) is 0 Å². The summed E-state index contributed by atoms with van der Waals surface area (Å²) in [5.74, 6) is -0.230. The van der Waals surface area contributed by atoms with Crippen molar-refractivity contribution in [2.75, 3.05) is 37.6 Å². The highest BCUT2D eigenvalue weighted by Crippen LogP contribution is 2.42. The summed E-state index contributed by atoms with van der Waals surface area (Å²) >= 11 is 0. The van der Waals surface area contributed by atoms with Gasteiger partial charge in [0.1, 0.15) is 6.04 Å². The molecule has 1 saturated heterocycles. The first-order valence-electron chi connectivity index (χ1n) is 11.6. The SMILES string of the molecule is O=C1C(N2CCNCC2)c2cccc3cccc(c23)N1CCc1cc(C(F)(F)F)cc(C(F)(F)F)c1.[HH]. The van der Waals surface area contributed by atoms with Crippen LogP contribution in [0.5, 0.6) is 0 Å². The Hall–Kier alpha value is -3.11. The van der Waals surface area contributed by atoms with Crippen LogP contribution in [0.3, 0.4) is 0 Å². The third kappa shape index (κ3) is 4.55. The smallest absolute Gasteiger partial charge is 0.314 e. The number of hydrogen-bond donors (Lipinski definition) is 1. The Morgan fingerprint density at radius 2 is 1.50 bits per heavy atom. The molecule has 4 nitrogen and oxygen atoms in total. The molecule has 3 aromatic carbocycles. The zero-order valence-corrected chi connectivity index (χ0v) is 19.1. The van der Waals surface area contributed by atoms with Gasteiger partial charge in [0.15, 0.2) is 0 Å². The van der Waals surface area contributed by atoms with Gasteiger partial charge in [0.2, 0.25) is 5.91 Å². The van der Waals surface area contributed by atoms with Gasteiger partial charge >= 0.3 is 12.4 Å². The molecular formula is C26H25F6N3O. The molecule has 5 rings (SSSR count). The molecule has 0 spiro atoms. The minimum atomic E-state index is -4.92. The first-order chi connectivity index (χ1) is 17.0. The van der Waals surface area contributed by atoms with Crippen LogP contribution in [-0.2, 0) is 23.6 Å². The molecule has 0 radical (unpaired) electrons. The summed E-state index contributed by atoms with van der Waals surface area (Å²) < 4.78 is 79.9. The van der Waals surface area contributed by atoms with Crippen LogP contribution < -0.4 is 10.2 Å². The predicted molar refractivity (Wildman–Crippen MR) is 126 cm³/mol. The van der Waals surface area contributed by atoms with Gasteiger partial charge in [-0.15, -0.1) is 0 Å². The van der Waals surface area contributed by atoms with Crippen molar-refractivity contribution < 1.29 is 32.6 Å². The number of carbonyl (C=O) groups excluding carboxylic acids is 1. The highest BCUT2D eigenvalue weighted by atomic mass is 19.4.